The molecule has 0 bridgehead atoms. The van der Waals surface area contributed by atoms with Crippen molar-refractivity contribution in [3.05, 3.63) is 118 Å². The van der Waals surface area contributed by atoms with Crippen LogP contribution in [0, 0.1) is 23.7 Å². The third-order valence-corrected chi connectivity index (χ3v) is 8.44. The van der Waals surface area contributed by atoms with Crippen molar-refractivity contribution >= 4 is 0 Å². The second-order valence-electron chi connectivity index (χ2n) is 10.9. The molecule has 0 spiro atoms. The van der Waals surface area contributed by atoms with Gasteiger partial charge in [0.1, 0.15) is 11.5 Å². The summed E-state index contributed by atoms with van der Waals surface area (Å²) in [6.07, 6.45) is 29.6. The van der Waals surface area contributed by atoms with Crippen LogP contribution in [0.2, 0.25) is 0 Å². The Morgan fingerprint density at radius 3 is 2.51 bits per heavy atom. The summed E-state index contributed by atoms with van der Waals surface area (Å²) in [6, 6.07) is 0. The van der Waals surface area contributed by atoms with Crippen LogP contribution in [0.15, 0.2) is 118 Å². The molecular weight excluding hydrogens is 460 g/mol. The van der Waals surface area contributed by atoms with Crippen molar-refractivity contribution in [1.29, 1.82) is 0 Å². The van der Waals surface area contributed by atoms with Crippen LogP contribution in [0.4, 0.5) is 0 Å². The number of rotatable bonds is 6. The quantitative estimate of drug-likeness (QED) is 0.304. The zero-order chi connectivity index (χ0) is 25.9. The van der Waals surface area contributed by atoms with E-state index >= 15 is 0 Å². The molecular formula is C33H38O4. The van der Waals surface area contributed by atoms with Gasteiger partial charge in [-0.15, -0.1) is 0 Å². The predicted octanol–water partition coefficient (Wildman–Crippen LogP) is 6.79. The molecule has 0 radical (unpaired) electrons. The Morgan fingerprint density at radius 2 is 1.78 bits per heavy atom. The number of aliphatic hydroxyl groups excluding tert-OH is 4. The Labute approximate surface area is 220 Å². The molecule has 5 aliphatic rings. The Bertz CT molecular complexity index is 1210. The van der Waals surface area contributed by atoms with E-state index in [2.05, 4.69) is 42.5 Å². The summed E-state index contributed by atoms with van der Waals surface area (Å²) in [5, 5.41) is 43.0. The maximum absolute atomic E-state index is 11.6. The lowest BCUT2D eigenvalue weighted by Gasteiger charge is -2.39. The van der Waals surface area contributed by atoms with Crippen molar-refractivity contribution in [1.82, 2.24) is 0 Å². The van der Waals surface area contributed by atoms with Gasteiger partial charge < -0.3 is 20.4 Å². The summed E-state index contributed by atoms with van der Waals surface area (Å²) in [4.78, 5) is 0. The van der Waals surface area contributed by atoms with Crippen molar-refractivity contribution in [3.8, 4) is 0 Å². The van der Waals surface area contributed by atoms with E-state index in [1.165, 1.54) is 11.1 Å². The average Bonchev–Trinajstić information content (AvgIpc) is 2.91. The molecule has 0 saturated heterocycles. The van der Waals surface area contributed by atoms with Gasteiger partial charge in [-0.2, -0.15) is 0 Å². The highest BCUT2D eigenvalue weighted by atomic mass is 16.3. The number of fused-ring (bicyclic) bond motifs is 1. The molecule has 4 nitrogen and oxygen atoms in total. The lowest BCUT2D eigenvalue weighted by atomic mass is 9.68. The lowest BCUT2D eigenvalue weighted by Crippen LogP contribution is -2.38. The molecule has 0 aliphatic heterocycles. The molecule has 0 fully saturated rings. The van der Waals surface area contributed by atoms with Gasteiger partial charge in [-0.05, 0) is 91.0 Å². The van der Waals surface area contributed by atoms with Gasteiger partial charge >= 0.3 is 0 Å². The van der Waals surface area contributed by atoms with Crippen molar-refractivity contribution < 1.29 is 20.4 Å². The van der Waals surface area contributed by atoms with E-state index in [-0.39, 0.29) is 35.2 Å². The van der Waals surface area contributed by atoms with Gasteiger partial charge in [0.25, 0.3) is 0 Å². The highest BCUT2D eigenvalue weighted by Gasteiger charge is 2.39. The van der Waals surface area contributed by atoms with E-state index in [4.69, 9.17) is 0 Å². The minimum atomic E-state index is -0.760. The Morgan fingerprint density at radius 1 is 0.973 bits per heavy atom. The maximum Gasteiger partial charge on any atom is 0.112 e. The maximum atomic E-state index is 11.6. The standard InChI is InChI=1S/C33H38O4/c1-21-19-27(34)15-11-22(21)14-18-31(36)32(26-9-7-24(8-10-26)23-5-3-2-4-6-23)29-17-13-25-12-16-28(35)20-30(25)33(29)37/h2-3,5,7,9,11-12,14-17,19-21,25,30-37H,4,6,8,10,13,18H2,1H3/b22-14-. The van der Waals surface area contributed by atoms with Crippen LogP contribution in [0.1, 0.15) is 45.4 Å². The molecule has 37 heavy (non-hydrogen) atoms. The summed E-state index contributed by atoms with van der Waals surface area (Å²) in [7, 11) is 0. The van der Waals surface area contributed by atoms with E-state index in [9.17, 15) is 20.4 Å². The highest BCUT2D eigenvalue weighted by molar-refractivity contribution is 5.44. The molecule has 194 valence electrons. The zero-order valence-electron chi connectivity index (χ0n) is 21.5. The summed E-state index contributed by atoms with van der Waals surface area (Å²) >= 11 is 0. The number of allylic oxidation sites excluding steroid dienone is 14. The topological polar surface area (TPSA) is 80.9 Å². The van der Waals surface area contributed by atoms with Crippen molar-refractivity contribution in [2.45, 2.75) is 57.7 Å². The van der Waals surface area contributed by atoms with Crippen LogP contribution in [0.25, 0.3) is 0 Å². The van der Waals surface area contributed by atoms with Gasteiger partial charge in [-0.1, -0.05) is 67.2 Å². The van der Waals surface area contributed by atoms with Gasteiger partial charge in [0.2, 0.25) is 0 Å². The van der Waals surface area contributed by atoms with Crippen LogP contribution < -0.4 is 0 Å². The Hall–Kier alpha value is -3.08. The van der Waals surface area contributed by atoms with Crippen LogP contribution in [-0.2, 0) is 0 Å². The molecule has 0 amide bonds. The fourth-order valence-corrected chi connectivity index (χ4v) is 6.34. The fraction of sp³-hybridized carbons (Fsp3) is 0.394. The van der Waals surface area contributed by atoms with Gasteiger partial charge in [0, 0.05) is 17.8 Å². The molecule has 0 aromatic rings. The SMILES string of the molecule is CC1C=C(O)C=C/C1=C/CC(O)C(C1=CC=C(C2=CC=CCC2)CC1)C1=CCC2C=CC(O)=CC2C1O. The monoisotopic (exact) mass is 498 g/mol. The van der Waals surface area contributed by atoms with Crippen molar-refractivity contribution in [2.75, 3.05) is 0 Å². The Kier molecular flexibility index (Phi) is 7.68. The number of hydrogen-bond donors (Lipinski definition) is 4. The average molecular weight is 499 g/mol. The predicted molar refractivity (Wildman–Crippen MR) is 149 cm³/mol. The van der Waals surface area contributed by atoms with Crippen LogP contribution in [0.3, 0.4) is 0 Å². The normalized spacial score (nSPS) is 31.9. The smallest absolute Gasteiger partial charge is 0.112 e. The molecule has 6 atom stereocenters. The molecule has 0 aromatic carbocycles. The van der Waals surface area contributed by atoms with Crippen LogP contribution in [-0.4, -0.2) is 32.6 Å². The first-order valence-electron chi connectivity index (χ1n) is 13.6. The Balaban J connectivity index is 1.44. The molecule has 4 N–H and O–H groups in total. The van der Waals surface area contributed by atoms with E-state index in [1.54, 1.807) is 18.2 Å². The summed E-state index contributed by atoms with van der Waals surface area (Å²) < 4.78 is 0. The van der Waals surface area contributed by atoms with Crippen LogP contribution in [0.5, 0.6) is 0 Å². The molecule has 0 aromatic heterocycles. The van der Waals surface area contributed by atoms with E-state index in [0.717, 1.165) is 48.8 Å². The lowest BCUT2D eigenvalue weighted by molar-refractivity contribution is 0.0867. The minimum Gasteiger partial charge on any atom is -0.508 e. The summed E-state index contributed by atoms with van der Waals surface area (Å²) in [5.74, 6) is 0.207. The van der Waals surface area contributed by atoms with Gasteiger partial charge in [-0.3, -0.25) is 0 Å². The largest absolute Gasteiger partial charge is 0.508 e. The third kappa shape index (κ3) is 5.61. The molecule has 0 heterocycles. The second kappa shape index (κ2) is 11.1. The number of hydrogen-bond acceptors (Lipinski definition) is 4. The molecule has 5 aliphatic carbocycles. The van der Waals surface area contributed by atoms with Gasteiger partial charge in [0.05, 0.1) is 12.2 Å². The molecule has 0 saturated carbocycles. The molecule has 6 unspecified atom stereocenters. The second-order valence-corrected chi connectivity index (χ2v) is 10.9. The zero-order valence-corrected chi connectivity index (χ0v) is 21.5. The number of aliphatic hydroxyl groups is 4. The molecule has 5 rings (SSSR count). The van der Waals surface area contributed by atoms with E-state index < -0.39 is 12.2 Å². The van der Waals surface area contributed by atoms with Crippen molar-refractivity contribution in [3.63, 3.8) is 0 Å². The van der Waals surface area contributed by atoms with Crippen molar-refractivity contribution in [2.24, 2.45) is 23.7 Å². The minimum absolute atomic E-state index is 0.0789. The third-order valence-electron chi connectivity index (χ3n) is 8.44. The van der Waals surface area contributed by atoms with E-state index in [0.29, 0.717) is 6.42 Å². The van der Waals surface area contributed by atoms with E-state index in [1.807, 2.05) is 25.2 Å². The fourth-order valence-electron chi connectivity index (χ4n) is 6.34. The molecule has 4 heteroatoms. The van der Waals surface area contributed by atoms with Crippen LogP contribution >= 0.6 is 0 Å². The van der Waals surface area contributed by atoms with Gasteiger partial charge in [0.15, 0.2) is 0 Å². The first kappa shape index (κ1) is 25.6. The first-order chi connectivity index (χ1) is 17.9. The summed E-state index contributed by atoms with van der Waals surface area (Å²) in [5.41, 5.74) is 5.83. The first-order valence-corrected chi connectivity index (χ1v) is 13.6. The summed E-state index contributed by atoms with van der Waals surface area (Å²) in [6.45, 7) is 2.03. The van der Waals surface area contributed by atoms with Gasteiger partial charge in [-0.25, -0.2) is 0 Å². The highest BCUT2D eigenvalue weighted by Crippen LogP contribution is 2.43.